The molecule has 1 heterocycles. The number of hydrogen-bond acceptors (Lipinski definition) is 4. The summed E-state index contributed by atoms with van der Waals surface area (Å²) in [7, 11) is 1.93. The topological polar surface area (TPSA) is 66.0 Å². The van der Waals surface area contributed by atoms with Gasteiger partial charge in [0.2, 0.25) is 0 Å². The molecular weight excluding hydrogens is 184 g/mol. The summed E-state index contributed by atoms with van der Waals surface area (Å²) >= 11 is 1.64. The SMILES string of the molecule is Cc1nc(CN(C)CC(=N)N)cs1. The Balaban J connectivity index is 2.44. The van der Waals surface area contributed by atoms with Gasteiger partial charge < -0.3 is 5.73 Å². The minimum absolute atomic E-state index is 0.189. The number of rotatable bonds is 4. The van der Waals surface area contributed by atoms with E-state index in [-0.39, 0.29) is 5.84 Å². The van der Waals surface area contributed by atoms with Gasteiger partial charge in [0.25, 0.3) is 0 Å². The number of likely N-dealkylation sites (N-methyl/N-ethyl adjacent to an activating group) is 1. The highest BCUT2D eigenvalue weighted by atomic mass is 32.1. The Morgan fingerprint density at radius 2 is 2.46 bits per heavy atom. The molecule has 0 unspecified atom stereocenters. The monoisotopic (exact) mass is 198 g/mol. The molecule has 0 aliphatic carbocycles. The highest BCUT2D eigenvalue weighted by Crippen LogP contribution is 2.09. The van der Waals surface area contributed by atoms with Gasteiger partial charge in [0, 0.05) is 11.9 Å². The second kappa shape index (κ2) is 4.34. The minimum atomic E-state index is 0.189. The van der Waals surface area contributed by atoms with Crippen LogP contribution in [0.4, 0.5) is 0 Å². The first kappa shape index (κ1) is 10.1. The molecule has 0 saturated carbocycles. The van der Waals surface area contributed by atoms with Crippen LogP contribution in [0.2, 0.25) is 0 Å². The van der Waals surface area contributed by atoms with E-state index >= 15 is 0 Å². The number of nitrogens with one attached hydrogen (secondary N) is 1. The van der Waals surface area contributed by atoms with Crippen molar-refractivity contribution in [3.8, 4) is 0 Å². The first-order valence-electron chi connectivity index (χ1n) is 4.00. The number of aryl methyl sites for hydroxylation is 1. The third kappa shape index (κ3) is 3.52. The molecule has 0 aromatic carbocycles. The predicted molar refractivity (Wildman–Crippen MR) is 55.1 cm³/mol. The van der Waals surface area contributed by atoms with Gasteiger partial charge in [-0.25, -0.2) is 4.98 Å². The van der Waals surface area contributed by atoms with Gasteiger partial charge in [-0.2, -0.15) is 0 Å². The zero-order valence-electron chi connectivity index (χ0n) is 7.87. The van der Waals surface area contributed by atoms with Gasteiger partial charge >= 0.3 is 0 Å². The average molecular weight is 198 g/mol. The van der Waals surface area contributed by atoms with E-state index in [0.29, 0.717) is 6.54 Å². The summed E-state index contributed by atoms with van der Waals surface area (Å²) in [6.07, 6.45) is 0. The van der Waals surface area contributed by atoms with Crippen molar-refractivity contribution >= 4 is 17.2 Å². The molecule has 72 valence electrons. The number of thiazole rings is 1. The van der Waals surface area contributed by atoms with E-state index in [1.54, 1.807) is 11.3 Å². The van der Waals surface area contributed by atoms with Crippen LogP contribution in [0.5, 0.6) is 0 Å². The van der Waals surface area contributed by atoms with E-state index in [9.17, 15) is 0 Å². The normalized spacial score (nSPS) is 10.7. The van der Waals surface area contributed by atoms with Crippen LogP contribution < -0.4 is 5.73 Å². The largest absolute Gasteiger partial charge is 0.387 e. The molecule has 0 fully saturated rings. The fourth-order valence-electron chi connectivity index (χ4n) is 1.10. The van der Waals surface area contributed by atoms with E-state index in [1.165, 1.54) is 0 Å². The standard InChI is InChI=1S/C8H14N4S/c1-6-11-7(5-13-6)3-12(2)4-8(9)10/h5H,3-4H2,1-2H3,(H3,9,10). The second-order valence-electron chi connectivity index (χ2n) is 3.06. The van der Waals surface area contributed by atoms with Gasteiger partial charge in [0.05, 0.1) is 17.2 Å². The lowest BCUT2D eigenvalue weighted by atomic mass is 10.4. The number of nitrogens with two attached hydrogens (primary N) is 1. The van der Waals surface area contributed by atoms with Crippen LogP contribution in [-0.2, 0) is 6.54 Å². The molecule has 0 spiro atoms. The summed E-state index contributed by atoms with van der Waals surface area (Å²) in [6, 6.07) is 0. The molecule has 0 radical (unpaired) electrons. The molecule has 5 heteroatoms. The number of hydrogen-bond donors (Lipinski definition) is 2. The van der Waals surface area contributed by atoms with Crippen LogP contribution >= 0.6 is 11.3 Å². The van der Waals surface area contributed by atoms with Gasteiger partial charge in [0.15, 0.2) is 0 Å². The summed E-state index contributed by atoms with van der Waals surface area (Å²) in [6.45, 7) is 3.24. The fourth-order valence-corrected chi connectivity index (χ4v) is 1.71. The molecule has 0 bridgehead atoms. The highest BCUT2D eigenvalue weighted by molar-refractivity contribution is 7.09. The summed E-state index contributed by atoms with van der Waals surface area (Å²) < 4.78 is 0. The molecule has 0 atom stereocenters. The summed E-state index contributed by atoms with van der Waals surface area (Å²) in [5.41, 5.74) is 6.32. The van der Waals surface area contributed by atoms with Crippen LogP contribution in [0.25, 0.3) is 0 Å². The molecular formula is C8H14N4S. The zero-order valence-corrected chi connectivity index (χ0v) is 8.69. The Morgan fingerprint density at radius 3 is 2.92 bits per heavy atom. The third-order valence-corrected chi connectivity index (χ3v) is 2.36. The Morgan fingerprint density at radius 1 is 1.77 bits per heavy atom. The van der Waals surface area contributed by atoms with E-state index in [4.69, 9.17) is 11.1 Å². The van der Waals surface area contributed by atoms with E-state index < -0.39 is 0 Å². The smallest absolute Gasteiger partial charge is 0.105 e. The van der Waals surface area contributed by atoms with Crippen LogP contribution in [0.3, 0.4) is 0 Å². The van der Waals surface area contributed by atoms with Crippen LogP contribution in [-0.4, -0.2) is 29.3 Å². The highest BCUT2D eigenvalue weighted by Gasteiger charge is 2.03. The Labute approximate surface area is 81.9 Å². The fraction of sp³-hybridized carbons (Fsp3) is 0.500. The predicted octanol–water partition coefficient (Wildman–Crippen LogP) is 0.819. The lowest BCUT2D eigenvalue weighted by Gasteiger charge is -2.13. The van der Waals surface area contributed by atoms with Crippen LogP contribution in [0, 0.1) is 12.3 Å². The number of amidine groups is 1. The van der Waals surface area contributed by atoms with Gasteiger partial charge in [-0.05, 0) is 14.0 Å². The molecule has 4 nitrogen and oxygen atoms in total. The quantitative estimate of drug-likeness (QED) is 0.556. The lowest BCUT2D eigenvalue weighted by Crippen LogP contribution is -2.29. The first-order valence-corrected chi connectivity index (χ1v) is 4.88. The van der Waals surface area contributed by atoms with Crippen molar-refractivity contribution in [2.45, 2.75) is 13.5 Å². The van der Waals surface area contributed by atoms with Crippen molar-refractivity contribution in [1.29, 1.82) is 5.41 Å². The van der Waals surface area contributed by atoms with Crippen molar-refractivity contribution in [2.24, 2.45) is 5.73 Å². The molecule has 0 amide bonds. The molecule has 3 N–H and O–H groups in total. The lowest BCUT2D eigenvalue weighted by molar-refractivity contribution is 0.368. The Kier molecular flexibility index (Phi) is 3.39. The van der Waals surface area contributed by atoms with E-state index in [0.717, 1.165) is 17.2 Å². The minimum Gasteiger partial charge on any atom is -0.387 e. The third-order valence-electron chi connectivity index (χ3n) is 1.54. The molecule has 0 aliphatic rings. The van der Waals surface area contributed by atoms with Gasteiger partial charge in [-0.15, -0.1) is 11.3 Å². The van der Waals surface area contributed by atoms with Crippen LogP contribution in [0.1, 0.15) is 10.7 Å². The molecule has 0 saturated heterocycles. The van der Waals surface area contributed by atoms with Crippen molar-refractivity contribution in [3.63, 3.8) is 0 Å². The van der Waals surface area contributed by atoms with E-state index in [1.807, 2.05) is 24.3 Å². The van der Waals surface area contributed by atoms with Crippen LogP contribution in [0.15, 0.2) is 5.38 Å². The summed E-state index contributed by atoms with van der Waals surface area (Å²) in [5, 5.41) is 10.2. The van der Waals surface area contributed by atoms with E-state index in [2.05, 4.69) is 4.98 Å². The van der Waals surface area contributed by atoms with Gasteiger partial charge in [-0.1, -0.05) is 0 Å². The molecule has 1 aromatic heterocycles. The first-order chi connectivity index (χ1) is 6.08. The number of aromatic nitrogens is 1. The van der Waals surface area contributed by atoms with Crippen molar-refractivity contribution < 1.29 is 0 Å². The second-order valence-corrected chi connectivity index (χ2v) is 4.12. The summed E-state index contributed by atoms with van der Waals surface area (Å²) in [5.74, 6) is 0.189. The maximum absolute atomic E-state index is 7.11. The van der Waals surface area contributed by atoms with Gasteiger partial charge in [0.1, 0.15) is 5.84 Å². The maximum atomic E-state index is 7.11. The maximum Gasteiger partial charge on any atom is 0.105 e. The molecule has 0 aliphatic heterocycles. The zero-order chi connectivity index (χ0) is 9.84. The van der Waals surface area contributed by atoms with Crippen molar-refractivity contribution in [1.82, 2.24) is 9.88 Å². The molecule has 1 aromatic rings. The Bertz CT molecular complexity index is 294. The molecule has 13 heavy (non-hydrogen) atoms. The summed E-state index contributed by atoms with van der Waals surface area (Å²) in [4.78, 5) is 6.29. The average Bonchev–Trinajstić information content (AvgIpc) is 2.33. The van der Waals surface area contributed by atoms with Crippen molar-refractivity contribution in [3.05, 3.63) is 16.1 Å². The Hall–Kier alpha value is -0.940. The number of nitrogens with zero attached hydrogens (tertiary/aromatic N) is 2. The van der Waals surface area contributed by atoms with Gasteiger partial charge in [-0.3, -0.25) is 10.3 Å². The van der Waals surface area contributed by atoms with Crippen molar-refractivity contribution in [2.75, 3.05) is 13.6 Å². The molecule has 1 rings (SSSR count).